The third-order valence-electron chi connectivity index (χ3n) is 5.25. The second-order valence-corrected chi connectivity index (χ2v) is 7.14. The first-order valence-electron chi connectivity index (χ1n) is 9.38. The van der Waals surface area contributed by atoms with Gasteiger partial charge in [-0.05, 0) is 38.4 Å². The molecule has 1 aliphatic heterocycles. The average Bonchev–Trinajstić information content (AvgIpc) is 2.67. The molecule has 0 saturated carbocycles. The maximum absolute atomic E-state index is 11.9. The molecule has 0 bridgehead atoms. The molecule has 0 aliphatic carbocycles. The topological polar surface area (TPSA) is 48.6 Å². The summed E-state index contributed by atoms with van der Waals surface area (Å²) in [6.07, 6.45) is 5.17. The van der Waals surface area contributed by atoms with E-state index in [1.54, 1.807) is 12.3 Å². The Balaban J connectivity index is 1.53. The summed E-state index contributed by atoms with van der Waals surface area (Å²) < 4.78 is 5.04. The van der Waals surface area contributed by atoms with Crippen LogP contribution in [0, 0.1) is 0 Å². The largest absolute Gasteiger partial charge is 0.491 e. The predicted octanol–water partition coefficient (Wildman–Crippen LogP) is 2.52. The van der Waals surface area contributed by atoms with E-state index in [4.69, 9.17) is 4.74 Å². The van der Waals surface area contributed by atoms with Crippen molar-refractivity contribution in [3.8, 4) is 5.75 Å². The molecular weight excluding hydrogens is 326 g/mol. The smallest absolute Gasteiger partial charge is 0.223 e. The zero-order chi connectivity index (χ0) is 18.4. The van der Waals surface area contributed by atoms with Crippen LogP contribution in [0.15, 0.2) is 47.4 Å². The number of nitrogens with zero attached hydrogens (tertiary/aromatic N) is 2. The number of hydrogen-bond acceptors (Lipinski definition) is 4. The number of hydrogen-bond donors (Lipinski definition) is 1. The maximum atomic E-state index is 11.9. The first-order valence-corrected chi connectivity index (χ1v) is 9.38. The molecule has 140 valence electrons. The van der Waals surface area contributed by atoms with Gasteiger partial charge in [-0.15, -0.1) is 0 Å². The lowest BCUT2D eigenvalue weighted by molar-refractivity contribution is 0.111. The molecule has 1 fully saturated rings. The van der Waals surface area contributed by atoms with Crippen LogP contribution in [-0.4, -0.2) is 54.6 Å². The second-order valence-electron chi connectivity index (χ2n) is 7.14. The van der Waals surface area contributed by atoms with E-state index in [0.717, 1.165) is 38.3 Å². The Morgan fingerprint density at radius 3 is 2.85 bits per heavy atom. The summed E-state index contributed by atoms with van der Waals surface area (Å²) in [4.78, 5) is 20.0. The molecule has 1 saturated heterocycles. The lowest BCUT2D eigenvalue weighted by atomic mass is 10.0. The molecule has 2 aromatic rings. The van der Waals surface area contributed by atoms with Crippen molar-refractivity contribution in [2.24, 2.45) is 0 Å². The number of aromatic nitrogens is 1. The molecule has 0 radical (unpaired) electrons. The van der Waals surface area contributed by atoms with Gasteiger partial charge in [0.05, 0.1) is 7.11 Å². The summed E-state index contributed by atoms with van der Waals surface area (Å²) in [6.45, 7) is 3.97. The number of likely N-dealkylation sites (tertiary alicyclic amines) is 1. The van der Waals surface area contributed by atoms with Crippen LogP contribution in [0.2, 0.25) is 0 Å². The monoisotopic (exact) mass is 355 g/mol. The summed E-state index contributed by atoms with van der Waals surface area (Å²) in [6, 6.07) is 12.9. The molecule has 5 nitrogen and oxygen atoms in total. The molecule has 1 unspecified atom stereocenters. The fourth-order valence-electron chi connectivity index (χ4n) is 3.66. The van der Waals surface area contributed by atoms with E-state index in [2.05, 4.69) is 52.2 Å². The van der Waals surface area contributed by atoms with Gasteiger partial charge in [0.2, 0.25) is 5.43 Å². The van der Waals surface area contributed by atoms with Crippen molar-refractivity contribution in [1.82, 2.24) is 14.8 Å². The number of benzene rings is 1. The number of aromatic amines is 1. The highest BCUT2D eigenvalue weighted by Crippen LogP contribution is 2.17. The van der Waals surface area contributed by atoms with E-state index < -0.39 is 0 Å². The number of methoxy groups -OCH3 is 1. The molecule has 3 rings (SSSR count). The van der Waals surface area contributed by atoms with Crippen molar-refractivity contribution in [2.75, 3.05) is 33.8 Å². The lowest BCUT2D eigenvalue weighted by Gasteiger charge is -2.37. The summed E-state index contributed by atoms with van der Waals surface area (Å²) in [5, 5.41) is 0. The van der Waals surface area contributed by atoms with Gasteiger partial charge < -0.3 is 14.6 Å². The summed E-state index contributed by atoms with van der Waals surface area (Å²) >= 11 is 0. The molecule has 2 heterocycles. The lowest BCUT2D eigenvalue weighted by Crippen LogP contribution is -2.46. The van der Waals surface area contributed by atoms with E-state index >= 15 is 0 Å². The van der Waals surface area contributed by atoms with Gasteiger partial charge in [-0.2, -0.15) is 0 Å². The molecular formula is C21H29N3O2. The average molecular weight is 355 g/mol. The quantitative estimate of drug-likeness (QED) is 0.829. The van der Waals surface area contributed by atoms with Gasteiger partial charge in [0.25, 0.3) is 0 Å². The van der Waals surface area contributed by atoms with Crippen molar-refractivity contribution in [1.29, 1.82) is 0 Å². The zero-order valence-corrected chi connectivity index (χ0v) is 15.8. The van der Waals surface area contributed by atoms with Crippen LogP contribution < -0.4 is 10.2 Å². The van der Waals surface area contributed by atoms with E-state index in [-0.39, 0.29) is 5.43 Å². The minimum absolute atomic E-state index is 0.0604. The third-order valence-corrected chi connectivity index (χ3v) is 5.25. The van der Waals surface area contributed by atoms with Crippen LogP contribution in [0.5, 0.6) is 5.75 Å². The fraction of sp³-hybridized carbons (Fsp3) is 0.476. The Morgan fingerprint density at radius 2 is 2.12 bits per heavy atom. The van der Waals surface area contributed by atoms with Gasteiger partial charge in [0.1, 0.15) is 0 Å². The van der Waals surface area contributed by atoms with Gasteiger partial charge >= 0.3 is 0 Å². The Hall–Kier alpha value is -2.11. The molecule has 1 atom stereocenters. The number of rotatable bonds is 7. The van der Waals surface area contributed by atoms with E-state index in [1.165, 1.54) is 25.5 Å². The third kappa shape index (κ3) is 4.96. The minimum atomic E-state index is -0.0604. The fourth-order valence-corrected chi connectivity index (χ4v) is 3.66. The summed E-state index contributed by atoms with van der Waals surface area (Å²) in [5.74, 6) is 0.367. The number of piperidine rings is 1. The standard InChI is InChI=1S/C21H29N3O2/c1-23(12-10-17-7-4-3-5-8-17)19-9-6-11-24(16-19)15-18-13-20(25)21(26-2)14-22-18/h3-5,7-8,13-14,19H,6,9-12,15-16H2,1-2H3,(H,22,25). The molecule has 26 heavy (non-hydrogen) atoms. The predicted molar refractivity (Wildman–Crippen MR) is 105 cm³/mol. The molecule has 1 N–H and O–H groups in total. The van der Waals surface area contributed by atoms with E-state index in [0.29, 0.717) is 11.8 Å². The number of H-pyrrole nitrogens is 1. The Morgan fingerprint density at radius 1 is 1.31 bits per heavy atom. The van der Waals surface area contributed by atoms with Crippen molar-refractivity contribution >= 4 is 0 Å². The normalized spacial score (nSPS) is 18.2. The van der Waals surface area contributed by atoms with Crippen LogP contribution in [-0.2, 0) is 13.0 Å². The Kier molecular flexibility index (Phi) is 6.47. The van der Waals surface area contributed by atoms with Crippen LogP contribution in [0.1, 0.15) is 24.1 Å². The maximum Gasteiger partial charge on any atom is 0.223 e. The summed E-state index contributed by atoms with van der Waals surface area (Å²) in [7, 11) is 3.75. The van der Waals surface area contributed by atoms with Crippen molar-refractivity contribution < 1.29 is 4.74 Å². The molecule has 0 amide bonds. The molecule has 5 heteroatoms. The van der Waals surface area contributed by atoms with Gasteiger partial charge in [-0.3, -0.25) is 9.69 Å². The summed E-state index contributed by atoms with van der Waals surface area (Å²) in [5.41, 5.74) is 2.28. The van der Waals surface area contributed by atoms with Crippen LogP contribution >= 0.6 is 0 Å². The van der Waals surface area contributed by atoms with Gasteiger partial charge in [0.15, 0.2) is 5.75 Å². The van der Waals surface area contributed by atoms with Crippen LogP contribution in [0.25, 0.3) is 0 Å². The molecule has 1 aromatic heterocycles. The van der Waals surface area contributed by atoms with E-state index in [1.807, 2.05) is 0 Å². The molecule has 0 spiro atoms. The highest BCUT2D eigenvalue weighted by atomic mass is 16.5. The first kappa shape index (κ1) is 18.7. The number of nitrogens with one attached hydrogen (secondary N) is 1. The van der Waals surface area contributed by atoms with Gasteiger partial charge in [0, 0.05) is 43.6 Å². The second kappa shape index (κ2) is 9.01. The Labute approximate surface area is 155 Å². The zero-order valence-electron chi connectivity index (χ0n) is 15.8. The number of pyridine rings is 1. The Bertz CT molecular complexity index is 744. The van der Waals surface area contributed by atoms with Gasteiger partial charge in [-0.25, -0.2) is 0 Å². The number of ether oxygens (including phenoxy) is 1. The molecule has 1 aliphatic rings. The minimum Gasteiger partial charge on any atom is -0.491 e. The van der Waals surface area contributed by atoms with E-state index in [9.17, 15) is 4.79 Å². The van der Waals surface area contributed by atoms with Gasteiger partial charge in [-0.1, -0.05) is 30.3 Å². The van der Waals surface area contributed by atoms with Crippen LogP contribution in [0.3, 0.4) is 0 Å². The highest BCUT2D eigenvalue weighted by molar-refractivity contribution is 5.20. The number of likely N-dealkylation sites (N-methyl/N-ethyl adjacent to an activating group) is 1. The molecule has 1 aromatic carbocycles. The van der Waals surface area contributed by atoms with Crippen molar-refractivity contribution in [3.05, 3.63) is 64.1 Å². The van der Waals surface area contributed by atoms with Crippen molar-refractivity contribution in [2.45, 2.75) is 31.8 Å². The SMILES string of the molecule is COc1c[nH]c(CN2CCCC(N(C)CCc3ccccc3)C2)cc1=O. The first-order chi connectivity index (χ1) is 12.7. The van der Waals surface area contributed by atoms with Crippen molar-refractivity contribution in [3.63, 3.8) is 0 Å². The highest BCUT2D eigenvalue weighted by Gasteiger charge is 2.23. The van der Waals surface area contributed by atoms with Crippen LogP contribution in [0.4, 0.5) is 0 Å².